The van der Waals surface area contributed by atoms with Crippen molar-refractivity contribution in [3.05, 3.63) is 72.1 Å². The first kappa shape index (κ1) is 16.5. The summed E-state index contributed by atoms with van der Waals surface area (Å²) in [6.45, 7) is 2.18. The Labute approximate surface area is 145 Å². The van der Waals surface area contributed by atoms with Gasteiger partial charge in [-0.1, -0.05) is 37.3 Å². The highest BCUT2D eigenvalue weighted by Crippen LogP contribution is 2.26. The average Bonchev–Trinajstić information content (AvgIpc) is 3.06. The third-order valence-electron chi connectivity index (χ3n) is 4.07. The molecule has 2 aromatic heterocycles. The molecule has 0 unspecified atom stereocenters. The Morgan fingerprint density at radius 1 is 1.16 bits per heavy atom. The number of benzene rings is 2. The van der Waals surface area contributed by atoms with Gasteiger partial charge in [-0.15, -0.1) is 0 Å². The van der Waals surface area contributed by atoms with Crippen molar-refractivity contribution in [2.24, 2.45) is 5.73 Å². The fourth-order valence-electron chi connectivity index (χ4n) is 2.75. The van der Waals surface area contributed by atoms with E-state index in [0.717, 1.165) is 11.8 Å². The quantitative estimate of drug-likeness (QED) is 0.521. The zero-order chi connectivity index (χ0) is 17.8. The van der Waals surface area contributed by atoms with Gasteiger partial charge >= 0.3 is 0 Å². The van der Waals surface area contributed by atoms with Crippen molar-refractivity contribution in [1.82, 2.24) is 9.97 Å². The molecule has 2 heterocycles. The number of hydrogen-bond acceptors (Lipinski definition) is 3. The fraction of sp³-hybridized carbons (Fsp3) is 0.100. The van der Waals surface area contributed by atoms with Crippen molar-refractivity contribution in [3.63, 3.8) is 0 Å². The minimum absolute atomic E-state index is 0.0937. The maximum absolute atomic E-state index is 10.9. The van der Waals surface area contributed by atoms with E-state index in [1.54, 1.807) is 24.4 Å². The van der Waals surface area contributed by atoms with Crippen LogP contribution in [0.15, 0.2) is 60.9 Å². The summed E-state index contributed by atoms with van der Waals surface area (Å²) in [6, 6.07) is 15.1. The Morgan fingerprint density at radius 2 is 1.96 bits per heavy atom. The number of hydrogen-bond donors (Lipinski definition) is 3. The van der Waals surface area contributed by atoms with Gasteiger partial charge in [0.05, 0.1) is 5.56 Å². The maximum Gasteiger partial charge on any atom is 0.252 e. The molecule has 126 valence electrons. The van der Waals surface area contributed by atoms with Gasteiger partial charge in [-0.05, 0) is 30.2 Å². The number of rotatable bonds is 2. The van der Waals surface area contributed by atoms with Gasteiger partial charge in [0.25, 0.3) is 5.91 Å². The second-order valence-electron chi connectivity index (χ2n) is 5.61. The fourth-order valence-corrected chi connectivity index (χ4v) is 2.75. The Bertz CT molecular complexity index is 1040. The normalized spacial score (nSPS) is 10.4. The van der Waals surface area contributed by atoms with Crippen LogP contribution < -0.4 is 5.73 Å². The van der Waals surface area contributed by atoms with Gasteiger partial charge < -0.3 is 15.8 Å². The van der Waals surface area contributed by atoms with Crippen LogP contribution in [0.1, 0.15) is 22.8 Å². The van der Waals surface area contributed by atoms with Crippen molar-refractivity contribution in [3.8, 4) is 5.75 Å². The van der Waals surface area contributed by atoms with Gasteiger partial charge in [0, 0.05) is 28.7 Å². The number of nitrogens with one attached hydrogen (secondary N) is 1. The lowest BCUT2D eigenvalue weighted by Gasteiger charge is -2.03. The van der Waals surface area contributed by atoms with Crippen molar-refractivity contribution in [2.45, 2.75) is 13.3 Å². The molecule has 4 rings (SSSR count). The number of aromatic amines is 1. The highest BCUT2D eigenvalue weighted by atomic mass is 16.3. The van der Waals surface area contributed by atoms with E-state index in [2.05, 4.69) is 47.4 Å². The van der Waals surface area contributed by atoms with Gasteiger partial charge in [0.15, 0.2) is 5.75 Å². The number of carbonyl (C=O) groups excluding carboxylic acids is 1. The summed E-state index contributed by atoms with van der Waals surface area (Å²) >= 11 is 0. The molecule has 0 radical (unpaired) electrons. The summed E-state index contributed by atoms with van der Waals surface area (Å²) in [5.74, 6) is -0.814. The number of phenols is 1. The molecule has 25 heavy (non-hydrogen) atoms. The van der Waals surface area contributed by atoms with E-state index in [0.29, 0.717) is 5.52 Å². The number of aryl methyl sites for hydroxylation is 1. The lowest BCUT2D eigenvalue weighted by atomic mass is 10.1. The van der Waals surface area contributed by atoms with Crippen molar-refractivity contribution in [2.75, 3.05) is 0 Å². The van der Waals surface area contributed by atoms with Crippen LogP contribution in [0.2, 0.25) is 0 Å². The van der Waals surface area contributed by atoms with Crippen LogP contribution in [0.5, 0.6) is 5.75 Å². The molecule has 0 saturated carbocycles. The second-order valence-corrected chi connectivity index (χ2v) is 5.61. The van der Waals surface area contributed by atoms with Crippen LogP contribution in [0, 0.1) is 0 Å². The predicted octanol–water partition coefficient (Wildman–Crippen LogP) is 3.77. The standard InChI is InChI=1S/C10H8N2O2.C10H11N/c11-10(14)7-4-3-6-2-1-5-12-8(6)9(7)13;1-2-8-7-11-10-6-4-3-5-9(8)10/h1-5,13H,(H2,11,14);3-7,11H,2H2,1H3. The van der Waals surface area contributed by atoms with Crippen LogP contribution in [0.3, 0.4) is 0 Å². The first-order valence-corrected chi connectivity index (χ1v) is 8.03. The molecule has 4 N–H and O–H groups in total. The summed E-state index contributed by atoms with van der Waals surface area (Å²) in [5.41, 5.74) is 8.21. The van der Waals surface area contributed by atoms with E-state index < -0.39 is 5.91 Å². The van der Waals surface area contributed by atoms with Crippen LogP contribution in [-0.2, 0) is 6.42 Å². The third-order valence-corrected chi connectivity index (χ3v) is 4.07. The molecule has 0 aliphatic heterocycles. The number of fused-ring (bicyclic) bond motifs is 2. The SMILES string of the molecule is CCc1c[nH]c2ccccc12.NC(=O)c1ccc2cccnc2c1O. The minimum Gasteiger partial charge on any atom is -0.505 e. The van der Waals surface area contributed by atoms with E-state index >= 15 is 0 Å². The van der Waals surface area contributed by atoms with Gasteiger partial charge in [0.1, 0.15) is 5.52 Å². The summed E-state index contributed by atoms with van der Waals surface area (Å²) in [4.78, 5) is 18.1. The molecular formula is C20H19N3O2. The molecule has 0 atom stereocenters. The molecule has 0 aliphatic carbocycles. The van der Waals surface area contributed by atoms with Crippen molar-refractivity contribution >= 4 is 27.7 Å². The lowest BCUT2D eigenvalue weighted by molar-refractivity contribution is 0.0998. The first-order chi connectivity index (χ1) is 12.1. The van der Waals surface area contributed by atoms with Crippen LogP contribution >= 0.6 is 0 Å². The number of aromatic hydroxyl groups is 1. The van der Waals surface area contributed by atoms with E-state index in [-0.39, 0.29) is 11.3 Å². The number of pyridine rings is 1. The van der Waals surface area contributed by atoms with Crippen molar-refractivity contribution < 1.29 is 9.90 Å². The van der Waals surface area contributed by atoms with Gasteiger partial charge in [-0.3, -0.25) is 9.78 Å². The van der Waals surface area contributed by atoms with Crippen LogP contribution in [-0.4, -0.2) is 21.0 Å². The molecule has 5 heteroatoms. The molecular weight excluding hydrogens is 314 g/mol. The van der Waals surface area contributed by atoms with Crippen LogP contribution in [0.25, 0.3) is 21.8 Å². The Hall–Kier alpha value is -3.34. The summed E-state index contributed by atoms with van der Waals surface area (Å²) in [6.07, 6.45) is 4.74. The van der Waals surface area contributed by atoms with E-state index in [1.165, 1.54) is 22.5 Å². The smallest absolute Gasteiger partial charge is 0.252 e. The molecule has 0 saturated heterocycles. The Morgan fingerprint density at radius 3 is 2.72 bits per heavy atom. The summed E-state index contributed by atoms with van der Waals surface area (Å²) in [5, 5.41) is 11.8. The van der Waals surface area contributed by atoms with Crippen molar-refractivity contribution in [1.29, 1.82) is 0 Å². The van der Waals surface area contributed by atoms with E-state index in [4.69, 9.17) is 5.73 Å². The topological polar surface area (TPSA) is 92.0 Å². The molecule has 4 aromatic rings. The van der Waals surface area contributed by atoms with Gasteiger partial charge in [0.2, 0.25) is 0 Å². The van der Waals surface area contributed by atoms with E-state index in [1.807, 2.05) is 0 Å². The monoisotopic (exact) mass is 333 g/mol. The molecule has 1 amide bonds. The Balaban J connectivity index is 0.000000150. The molecule has 0 spiro atoms. The predicted molar refractivity (Wildman–Crippen MR) is 99.6 cm³/mol. The molecule has 2 aromatic carbocycles. The number of amides is 1. The first-order valence-electron chi connectivity index (χ1n) is 8.03. The number of nitrogens with two attached hydrogens (primary N) is 1. The zero-order valence-electron chi connectivity index (χ0n) is 13.9. The van der Waals surface area contributed by atoms with E-state index in [9.17, 15) is 9.90 Å². The third kappa shape index (κ3) is 3.30. The summed E-state index contributed by atoms with van der Waals surface area (Å²) in [7, 11) is 0. The van der Waals surface area contributed by atoms with Gasteiger partial charge in [-0.2, -0.15) is 0 Å². The number of nitrogens with zero attached hydrogens (tertiary/aromatic N) is 1. The highest BCUT2D eigenvalue weighted by molar-refractivity contribution is 6.01. The lowest BCUT2D eigenvalue weighted by Crippen LogP contribution is -2.11. The second kappa shape index (κ2) is 7.05. The number of primary amides is 1. The average molecular weight is 333 g/mol. The molecule has 0 aliphatic rings. The highest BCUT2D eigenvalue weighted by Gasteiger charge is 2.10. The number of para-hydroxylation sites is 1. The largest absolute Gasteiger partial charge is 0.505 e. The summed E-state index contributed by atoms with van der Waals surface area (Å²) < 4.78 is 0. The molecule has 0 bridgehead atoms. The maximum atomic E-state index is 10.9. The number of H-pyrrole nitrogens is 1. The van der Waals surface area contributed by atoms with Crippen LogP contribution in [0.4, 0.5) is 0 Å². The molecule has 5 nitrogen and oxygen atoms in total. The minimum atomic E-state index is -0.657. The Kier molecular flexibility index (Phi) is 4.66. The number of aromatic nitrogens is 2. The number of carbonyl (C=O) groups is 1. The zero-order valence-corrected chi connectivity index (χ0v) is 13.9. The van der Waals surface area contributed by atoms with Gasteiger partial charge in [-0.25, -0.2) is 0 Å². The molecule has 0 fully saturated rings.